The van der Waals surface area contributed by atoms with Crippen LogP contribution in [0.2, 0.25) is 0 Å². The Kier molecular flexibility index (Phi) is 5.02. The van der Waals surface area contributed by atoms with Gasteiger partial charge in [-0.2, -0.15) is 0 Å². The van der Waals surface area contributed by atoms with Crippen LogP contribution in [0.3, 0.4) is 0 Å². The van der Waals surface area contributed by atoms with Gasteiger partial charge in [-0.05, 0) is 36.7 Å². The Morgan fingerprint density at radius 3 is 2.57 bits per heavy atom. The molecule has 2 aliphatic rings. The summed E-state index contributed by atoms with van der Waals surface area (Å²) < 4.78 is 30.9. The molecule has 1 aliphatic heterocycles. The van der Waals surface area contributed by atoms with Crippen LogP contribution in [0.5, 0.6) is 0 Å². The van der Waals surface area contributed by atoms with Crippen LogP contribution < -0.4 is 4.90 Å². The Balaban J connectivity index is 1.69. The molecule has 1 saturated heterocycles. The average molecular weight is 425 g/mol. The highest BCUT2D eigenvalue weighted by molar-refractivity contribution is 7.99. The fraction of sp³-hybridized carbons (Fsp3) is 0.500. The van der Waals surface area contributed by atoms with Gasteiger partial charge in [-0.15, -0.1) is 10.2 Å². The zero-order valence-electron chi connectivity index (χ0n) is 15.1. The van der Waals surface area contributed by atoms with E-state index in [9.17, 15) is 18.5 Å². The highest BCUT2D eigenvalue weighted by Gasteiger charge is 2.33. The first kappa shape index (κ1) is 19.2. The lowest BCUT2D eigenvalue weighted by molar-refractivity contribution is -0.388. The van der Waals surface area contributed by atoms with Crippen molar-refractivity contribution >= 4 is 33.2 Å². The summed E-state index contributed by atoms with van der Waals surface area (Å²) in [5.74, 6) is 0.753. The van der Waals surface area contributed by atoms with Gasteiger partial charge in [0.15, 0.2) is 15.0 Å². The molecule has 1 saturated carbocycles. The van der Waals surface area contributed by atoms with Crippen molar-refractivity contribution in [2.75, 3.05) is 37.5 Å². The van der Waals surface area contributed by atoms with Crippen molar-refractivity contribution in [3.8, 4) is 0 Å². The predicted molar refractivity (Wildman–Crippen MR) is 102 cm³/mol. The number of nitrogens with zero attached hydrogens (tertiary/aromatic N) is 5. The summed E-state index contributed by atoms with van der Waals surface area (Å²) in [5.41, 5.74) is -0.258. The van der Waals surface area contributed by atoms with Gasteiger partial charge in [0, 0.05) is 31.5 Å². The minimum absolute atomic E-state index is 0.0822. The number of rotatable bonds is 6. The molecular weight excluding hydrogens is 406 g/mol. The molecule has 0 radical (unpaired) electrons. The minimum Gasteiger partial charge on any atom is -0.378 e. The van der Waals surface area contributed by atoms with Gasteiger partial charge in [-0.25, -0.2) is 8.42 Å². The second-order valence-corrected chi connectivity index (χ2v) is 9.77. The van der Waals surface area contributed by atoms with Crippen LogP contribution in [0, 0.1) is 10.1 Å². The largest absolute Gasteiger partial charge is 0.378 e. The molecule has 0 bridgehead atoms. The van der Waals surface area contributed by atoms with E-state index in [1.165, 1.54) is 12.1 Å². The number of aromatic nitrogens is 3. The summed E-state index contributed by atoms with van der Waals surface area (Å²) in [4.78, 5) is 13.3. The summed E-state index contributed by atoms with van der Waals surface area (Å²) in [6.45, 7) is 2.69. The maximum atomic E-state index is 11.7. The number of hydrogen-bond acceptors (Lipinski definition) is 9. The lowest BCUT2D eigenvalue weighted by Gasteiger charge is -2.27. The average Bonchev–Trinajstić information content (AvgIpc) is 3.42. The van der Waals surface area contributed by atoms with Crippen LogP contribution in [0.25, 0.3) is 0 Å². The van der Waals surface area contributed by atoms with Crippen LogP contribution in [0.15, 0.2) is 33.1 Å². The van der Waals surface area contributed by atoms with Gasteiger partial charge in [-0.1, -0.05) is 0 Å². The fourth-order valence-electron chi connectivity index (χ4n) is 3.03. The first-order valence-electron chi connectivity index (χ1n) is 8.78. The van der Waals surface area contributed by atoms with E-state index in [0.717, 1.165) is 56.0 Å². The Bertz CT molecular complexity index is 1010. The lowest BCUT2D eigenvalue weighted by atomic mass is 10.3. The monoisotopic (exact) mass is 425 g/mol. The molecule has 0 N–H and O–H groups in total. The number of benzene rings is 1. The molecule has 2 aromatic rings. The maximum absolute atomic E-state index is 11.7. The van der Waals surface area contributed by atoms with E-state index < -0.39 is 14.8 Å². The molecule has 0 amide bonds. The number of hydrogen-bond donors (Lipinski definition) is 0. The molecule has 2 fully saturated rings. The van der Waals surface area contributed by atoms with E-state index in [1.807, 2.05) is 4.57 Å². The molecule has 150 valence electrons. The van der Waals surface area contributed by atoms with Crippen molar-refractivity contribution in [1.29, 1.82) is 0 Å². The van der Waals surface area contributed by atoms with Crippen LogP contribution >= 0.6 is 11.8 Å². The van der Waals surface area contributed by atoms with Crippen LogP contribution in [-0.4, -0.2) is 60.7 Å². The molecule has 4 rings (SSSR count). The Labute approximate surface area is 165 Å². The van der Waals surface area contributed by atoms with E-state index >= 15 is 0 Å². The molecule has 0 atom stereocenters. The van der Waals surface area contributed by atoms with E-state index in [2.05, 4.69) is 15.1 Å². The van der Waals surface area contributed by atoms with Crippen molar-refractivity contribution in [2.45, 2.75) is 33.8 Å². The Morgan fingerprint density at radius 2 is 1.96 bits per heavy atom. The van der Waals surface area contributed by atoms with Gasteiger partial charge < -0.3 is 9.64 Å². The molecule has 28 heavy (non-hydrogen) atoms. The third-order valence-electron chi connectivity index (χ3n) is 4.61. The Hall–Kier alpha value is -2.18. The molecule has 1 aliphatic carbocycles. The molecule has 12 heteroatoms. The van der Waals surface area contributed by atoms with Gasteiger partial charge in [0.2, 0.25) is 5.95 Å². The van der Waals surface area contributed by atoms with Gasteiger partial charge in [-0.3, -0.25) is 14.7 Å². The number of nitro benzene ring substituents is 1. The van der Waals surface area contributed by atoms with Crippen LogP contribution in [0.1, 0.15) is 18.9 Å². The van der Waals surface area contributed by atoms with Crippen molar-refractivity contribution in [3.05, 3.63) is 28.3 Å². The highest BCUT2D eigenvalue weighted by Crippen LogP contribution is 2.44. The second-order valence-electron chi connectivity index (χ2n) is 6.74. The van der Waals surface area contributed by atoms with Gasteiger partial charge in [0.1, 0.15) is 0 Å². The summed E-state index contributed by atoms with van der Waals surface area (Å²) >= 11 is 1.14. The van der Waals surface area contributed by atoms with E-state index in [-0.39, 0.29) is 16.6 Å². The molecule has 10 nitrogen and oxygen atoms in total. The maximum Gasteiger partial charge on any atom is 0.284 e. The number of nitro groups is 1. The number of anilines is 1. The zero-order valence-corrected chi connectivity index (χ0v) is 16.8. The van der Waals surface area contributed by atoms with E-state index in [0.29, 0.717) is 23.3 Å². The third kappa shape index (κ3) is 3.84. The molecule has 0 spiro atoms. The highest BCUT2D eigenvalue weighted by atomic mass is 32.2. The Morgan fingerprint density at radius 1 is 1.25 bits per heavy atom. The fourth-order valence-corrected chi connectivity index (χ4v) is 4.65. The second kappa shape index (κ2) is 7.33. The molecular formula is C16H19N5O5S2. The van der Waals surface area contributed by atoms with Gasteiger partial charge in [0.25, 0.3) is 5.69 Å². The van der Waals surface area contributed by atoms with E-state index in [1.54, 1.807) is 0 Å². The van der Waals surface area contributed by atoms with E-state index in [4.69, 9.17) is 4.74 Å². The molecule has 2 heterocycles. The summed E-state index contributed by atoms with van der Waals surface area (Å²) in [6, 6.07) is 4.22. The SMILES string of the molecule is CS(=O)(=O)c1ccc(Sc2nnc(N3CCOCC3)n2C2CC2)c([N+](=O)[O-])c1. The quantitative estimate of drug-likeness (QED) is 0.505. The number of ether oxygens (including phenoxy) is 1. The van der Waals surface area contributed by atoms with Crippen molar-refractivity contribution < 1.29 is 18.1 Å². The zero-order chi connectivity index (χ0) is 19.9. The molecule has 1 aromatic heterocycles. The van der Waals surface area contributed by atoms with Crippen molar-refractivity contribution in [3.63, 3.8) is 0 Å². The summed E-state index contributed by atoms with van der Waals surface area (Å²) in [5, 5.41) is 20.7. The predicted octanol–water partition coefficient (Wildman–Crippen LogP) is 1.91. The smallest absolute Gasteiger partial charge is 0.284 e. The lowest BCUT2D eigenvalue weighted by Crippen LogP contribution is -2.38. The number of sulfone groups is 1. The van der Waals surface area contributed by atoms with Gasteiger partial charge >= 0.3 is 0 Å². The molecule has 1 aromatic carbocycles. The van der Waals surface area contributed by atoms with Crippen molar-refractivity contribution in [1.82, 2.24) is 14.8 Å². The number of morpholine rings is 1. The summed E-state index contributed by atoms with van der Waals surface area (Å²) in [7, 11) is -3.54. The van der Waals surface area contributed by atoms with Crippen LogP contribution in [0.4, 0.5) is 11.6 Å². The molecule has 0 unspecified atom stereocenters. The summed E-state index contributed by atoms with van der Waals surface area (Å²) in [6.07, 6.45) is 3.05. The van der Waals surface area contributed by atoms with Gasteiger partial charge in [0.05, 0.1) is 27.9 Å². The first-order chi connectivity index (χ1) is 13.3. The minimum atomic E-state index is -3.54. The topological polar surface area (TPSA) is 120 Å². The standard InChI is InChI=1S/C16H19N5O5S2/c1-28(24,25)12-4-5-14(13(10-12)21(22)23)27-16-18-17-15(20(16)11-2-3-11)19-6-8-26-9-7-19/h4-5,10-11H,2-3,6-9H2,1H3. The third-order valence-corrected chi connectivity index (χ3v) is 6.75. The normalized spacial score (nSPS) is 17.7. The first-order valence-corrected chi connectivity index (χ1v) is 11.5. The van der Waals surface area contributed by atoms with Crippen molar-refractivity contribution in [2.24, 2.45) is 0 Å². The van der Waals surface area contributed by atoms with Crippen LogP contribution in [-0.2, 0) is 14.6 Å².